The van der Waals surface area contributed by atoms with Gasteiger partial charge in [-0.25, -0.2) is 9.67 Å². The van der Waals surface area contributed by atoms with Gasteiger partial charge in [-0.15, -0.1) is 0 Å². The molecular weight excluding hydrogens is 356 g/mol. The number of aromatic nitrogens is 3. The first kappa shape index (κ1) is 18.2. The summed E-state index contributed by atoms with van der Waals surface area (Å²) < 4.78 is 6.54. The summed E-state index contributed by atoms with van der Waals surface area (Å²) >= 11 is 0. The molecule has 0 spiro atoms. The number of H-pyrrole nitrogens is 1. The van der Waals surface area contributed by atoms with Crippen molar-refractivity contribution in [1.29, 1.82) is 0 Å². The van der Waals surface area contributed by atoms with Crippen LogP contribution in [0.1, 0.15) is 28.8 Å². The fraction of sp³-hybridized carbons (Fsp3) is 0.286. The zero-order valence-corrected chi connectivity index (χ0v) is 15.9. The topological polar surface area (TPSA) is 89.0 Å². The van der Waals surface area contributed by atoms with Crippen molar-refractivity contribution in [1.82, 2.24) is 20.1 Å². The summed E-state index contributed by atoms with van der Waals surface area (Å²) in [5.74, 6) is 0.243. The Labute approximate surface area is 162 Å². The third-order valence-corrected chi connectivity index (χ3v) is 5.10. The average Bonchev–Trinajstić information content (AvgIpc) is 3.34. The van der Waals surface area contributed by atoms with E-state index in [1.165, 1.54) is 10.9 Å². The van der Waals surface area contributed by atoms with Crippen molar-refractivity contribution in [3.8, 4) is 16.9 Å². The van der Waals surface area contributed by atoms with E-state index < -0.39 is 0 Å². The number of methoxy groups -OCH3 is 1. The van der Waals surface area contributed by atoms with Crippen LogP contribution in [0.4, 0.5) is 0 Å². The third-order valence-electron chi connectivity index (χ3n) is 5.10. The zero-order chi connectivity index (χ0) is 19.7. The zero-order valence-electron chi connectivity index (χ0n) is 15.9. The summed E-state index contributed by atoms with van der Waals surface area (Å²) in [7, 11) is 1.63. The highest BCUT2D eigenvalue weighted by molar-refractivity contribution is 5.94. The molecule has 0 atom stereocenters. The summed E-state index contributed by atoms with van der Waals surface area (Å²) in [6, 6.07) is 11.0. The number of carbonyl (C=O) groups excluding carboxylic acids is 1. The molecular formula is C21H22N4O3. The highest BCUT2D eigenvalue weighted by Crippen LogP contribution is 2.35. The van der Waals surface area contributed by atoms with Gasteiger partial charge in [0.1, 0.15) is 0 Å². The molecule has 1 fully saturated rings. The Kier molecular flexibility index (Phi) is 4.60. The van der Waals surface area contributed by atoms with Gasteiger partial charge in [0.15, 0.2) is 5.82 Å². The first-order valence-electron chi connectivity index (χ1n) is 9.17. The minimum atomic E-state index is -0.247. The van der Waals surface area contributed by atoms with Crippen LogP contribution in [0.25, 0.3) is 16.9 Å². The molecule has 1 aliphatic rings. The SMILES string of the molecule is COCC1(NC(=O)c2ccc(-n3[nH]cc(-c4ccccc4C)c3=O)nc2)CC1. The van der Waals surface area contributed by atoms with Gasteiger partial charge in [-0.05, 0) is 43.0 Å². The predicted molar refractivity (Wildman–Crippen MR) is 106 cm³/mol. The second-order valence-electron chi connectivity index (χ2n) is 7.22. The van der Waals surface area contributed by atoms with Gasteiger partial charge in [-0.1, -0.05) is 24.3 Å². The van der Waals surface area contributed by atoms with E-state index in [0.717, 1.165) is 24.0 Å². The van der Waals surface area contributed by atoms with Crippen LogP contribution < -0.4 is 10.9 Å². The molecule has 1 aromatic carbocycles. The molecule has 2 aromatic heterocycles. The largest absolute Gasteiger partial charge is 0.382 e. The van der Waals surface area contributed by atoms with Gasteiger partial charge in [-0.2, -0.15) is 0 Å². The number of benzene rings is 1. The van der Waals surface area contributed by atoms with Crippen molar-refractivity contribution >= 4 is 5.91 Å². The average molecular weight is 378 g/mol. The van der Waals surface area contributed by atoms with Gasteiger partial charge < -0.3 is 10.1 Å². The quantitative estimate of drug-likeness (QED) is 0.690. The Morgan fingerprint density at radius 3 is 2.68 bits per heavy atom. The minimum absolute atomic E-state index is 0.184. The standard InChI is InChI=1S/C21H22N4O3/c1-14-5-3-4-6-16(14)17-12-23-25(20(17)27)18-8-7-15(11-22-18)19(26)24-21(9-10-21)13-28-2/h3-8,11-12,23H,9-10,13H2,1-2H3,(H,24,26). The smallest absolute Gasteiger partial charge is 0.280 e. The van der Waals surface area contributed by atoms with E-state index in [1.807, 2.05) is 31.2 Å². The van der Waals surface area contributed by atoms with Gasteiger partial charge in [0, 0.05) is 19.5 Å². The Balaban J connectivity index is 1.56. The van der Waals surface area contributed by atoms with E-state index >= 15 is 0 Å². The second-order valence-corrected chi connectivity index (χ2v) is 7.22. The molecule has 0 unspecified atom stereocenters. The molecule has 0 bridgehead atoms. The number of ether oxygens (including phenoxy) is 1. The molecule has 144 valence electrons. The third kappa shape index (κ3) is 3.36. The van der Waals surface area contributed by atoms with E-state index in [9.17, 15) is 9.59 Å². The number of hydrogen-bond acceptors (Lipinski definition) is 4. The summed E-state index contributed by atoms with van der Waals surface area (Å²) in [6.45, 7) is 2.47. The molecule has 0 saturated heterocycles. The van der Waals surface area contributed by atoms with Gasteiger partial charge in [0.2, 0.25) is 0 Å². The van der Waals surface area contributed by atoms with E-state index in [2.05, 4.69) is 15.4 Å². The van der Waals surface area contributed by atoms with Gasteiger partial charge in [0.25, 0.3) is 11.5 Å². The molecule has 2 heterocycles. The number of rotatable bonds is 6. The molecule has 1 saturated carbocycles. The van der Waals surface area contributed by atoms with Crippen LogP contribution in [0.3, 0.4) is 0 Å². The number of hydrogen-bond donors (Lipinski definition) is 2. The molecule has 0 radical (unpaired) electrons. The minimum Gasteiger partial charge on any atom is -0.382 e. The number of aromatic amines is 1. The normalized spacial score (nSPS) is 14.6. The first-order valence-corrected chi connectivity index (χ1v) is 9.17. The van der Waals surface area contributed by atoms with Gasteiger partial charge >= 0.3 is 0 Å². The molecule has 2 N–H and O–H groups in total. The van der Waals surface area contributed by atoms with E-state index in [1.54, 1.807) is 25.4 Å². The van der Waals surface area contributed by atoms with Crippen LogP contribution >= 0.6 is 0 Å². The summed E-state index contributed by atoms with van der Waals surface area (Å²) in [5.41, 5.74) is 2.50. The Bertz CT molecular complexity index is 1060. The predicted octanol–water partition coefficient (Wildman–Crippen LogP) is 2.44. The number of amides is 1. The maximum absolute atomic E-state index is 12.8. The maximum atomic E-state index is 12.8. The van der Waals surface area contributed by atoms with Gasteiger partial charge in [0.05, 0.1) is 23.3 Å². The molecule has 7 nitrogen and oxygen atoms in total. The summed E-state index contributed by atoms with van der Waals surface area (Å²) in [5, 5.41) is 5.96. The van der Waals surface area contributed by atoms with E-state index in [0.29, 0.717) is 23.6 Å². The first-order chi connectivity index (χ1) is 13.5. The lowest BCUT2D eigenvalue weighted by atomic mass is 10.0. The monoisotopic (exact) mass is 378 g/mol. The highest BCUT2D eigenvalue weighted by Gasteiger charge is 2.44. The van der Waals surface area contributed by atoms with E-state index in [4.69, 9.17) is 4.74 Å². The van der Waals surface area contributed by atoms with Crippen LogP contribution in [0.5, 0.6) is 0 Å². The maximum Gasteiger partial charge on any atom is 0.280 e. The molecule has 28 heavy (non-hydrogen) atoms. The Hall–Kier alpha value is -3.19. The van der Waals surface area contributed by atoms with Crippen LogP contribution in [0, 0.1) is 6.92 Å². The lowest BCUT2D eigenvalue weighted by molar-refractivity contribution is 0.0881. The molecule has 1 aliphatic carbocycles. The van der Waals surface area contributed by atoms with Crippen LogP contribution in [0.2, 0.25) is 0 Å². The van der Waals surface area contributed by atoms with Crippen molar-refractivity contribution in [2.75, 3.05) is 13.7 Å². The van der Waals surface area contributed by atoms with Crippen LogP contribution in [-0.2, 0) is 4.74 Å². The number of nitrogens with one attached hydrogen (secondary N) is 2. The van der Waals surface area contributed by atoms with Crippen molar-refractivity contribution in [3.63, 3.8) is 0 Å². The van der Waals surface area contributed by atoms with Crippen molar-refractivity contribution < 1.29 is 9.53 Å². The van der Waals surface area contributed by atoms with Gasteiger partial charge in [-0.3, -0.25) is 14.7 Å². The Morgan fingerprint density at radius 2 is 2.04 bits per heavy atom. The van der Waals surface area contributed by atoms with Crippen molar-refractivity contribution in [2.45, 2.75) is 25.3 Å². The summed E-state index contributed by atoms with van der Waals surface area (Å²) in [4.78, 5) is 29.5. The second kappa shape index (κ2) is 7.09. The lowest BCUT2D eigenvalue weighted by Gasteiger charge is -2.16. The molecule has 0 aliphatic heterocycles. The van der Waals surface area contributed by atoms with Crippen LogP contribution in [0.15, 0.2) is 53.6 Å². The molecule has 7 heteroatoms. The Morgan fingerprint density at radius 1 is 1.25 bits per heavy atom. The highest BCUT2D eigenvalue weighted by atomic mass is 16.5. The van der Waals surface area contributed by atoms with E-state index in [-0.39, 0.29) is 17.0 Å². The van der Waals surface area contributed by atoms with Crippen LogP contribution in [-0.4, -0.2) is 39.9 Å². The molecule has 3 aromatic rings. The molecule has 4 rings (SSSR count). The lowest BCUT2D eigenvalue weighted by Crippen LogP contribution is -2.40. The van der Waals surface area contributed by atoms with Crippen molar-refractivity contribution in [2.24, 2.45) is 0 Å². The van der Waals surface area contributed by atoms with Crippen molar-refractivity contribution in [3.05, 3.63) is 70.3 Å². The molecule has 1 amide bonds. The fourth-order valence-electron chi connectivity index (χ4n) is 3.31. The summed E-state index contributed by atoms with van der Waals surface area (Å²) in [6.07, 6.45) is 4.98. The fourth-order valence-corrected chi connectivity index (χ4v) is 3.31. The number of carbonyl (C=O) groups is 1. The number of nitrogens with zero attached hydrogens (tertiary/aromatic N) is 2. The number of aryl methyl sites for hydroxylation is 1. The number of pyridine rings is 1.